The number of amides is 2. The highest BCUT2D eigenvalue weighted by atomic mass is 35.5. The van der Waals surface area contributed by atoms with E-state index in [0.29, 0.717) is 36.0 Å². The molecule has 1 heterocycles. The molecule has 0 saturated heterocycles. The zero-order valence-electron chi connectivity index (χ0n) is 18.2. The topological polar surface area (TPSA) is 58.6 Å². The summed E-state index contributed by atoms with van der Waals surface area (Å²) in [7, 11) is 0. The SMILES string of the molecule is CC[C@@H]1Oc2ccc(NC(=O)Cc3ccc(F)cc3)cc2CN(Cc2ccc(Cl)cc2)C1=O. The van der Waals surface area contributed by atoms with Crippen LogP contribution in [-0.2, 0) is 29.1 Å². The summed E-state index contributed by atoms with van der Waals surface area (Å²) in [5.41, 5.74) is 3.11. The molecular weight excluding hydrogens is 443 g/mol. The highest BCUT2D eigenvalue weighted by Gasteiger charge is 2.30. The molecule has 0 spiro atoms. The Labute approximate surface area is 197 Å². The van der Waals surface area contributed by atoms with Crippen LogP contribution in [0.1, 0.15) is 30.0 Å². The van der Waals surface area contributed by atoms with Crippen LogP contribution < -0.4 is 10.1 Å². The van der Waals surface area contributed by atoms with Crippen LogP contribution in [0.4, 0.5) is 10.1 Å². The smallest absolute Gasteiger partial charge is 0.264 e. The molecule has 3 aromatic rings. The number of anilines is 1. The fraction of sp³-hybridized carbons (Fsp3) is 0.231. The van der Waals surface area contributed by atoms with E-state index in [9.17, 15) is 14.0 Å². The van der Waals surface area contributed by atoms with Crippen molar-refractivity contribution in [3.63, 3.8) is 0 Å². The summed E-state index contributed by atoms with van der Waals surface area (Å²) in [6.45, 7) is 2.70. The van der Waals surface area contributed by atoms with Crippen LogP contribution in [0.3, 0.4) is 0 Å². The Morgan fingerprint density at radius 1 is 1.09 bits per heavy atom. The number of ether oxygens (including phenoxy) is 1. The third-order valence-corrected chi connectivity index (χ3v) is 5.75. The van der Waals surface area contributed by atoms with Crippen LogP contribution in [0.25, 0.3) is 0 Å². The molecule has 1 atom stereocenters. The third-order valence-electron chi connectivity index (χ3n) is 5.50. The Balaban J connectivity index is 1.52. The molecule has 5 nitrogen and oxygen atoms in total. The van der Waals surface area contributed by atoms with Crippen molar-refractivity contribution >= 4 is 29.1 Å². The number of rotatable bonds is 6. The van der Waals surface area contributed by atoms with Crippen molar-refractivity contribution < 1.29 is 18.7 Å². The molecule has 4 rings (SSSR count). The Bertz CT molecular complexity index is 1150. The number of carbonyl (C=O) groups is 2. The average Bonchev–Trinajstić information content (AvgIpc) is 2.93. The summed E-state index contributed by atoms with van der Waals surface area (Å²) in [6.07, 6.45) is 0.107. The molecule has 3 aromatic carbocycles. The molecule has 0 bridgehead atoms. The molecule has 7 heteroatoms. The average molecular weight is 467 g/mol. The van der Waals surface area contributed by atoms with Crippen LogP contribution in [0, 0.1) is 5.82 Å². The minimum atomic E-state index is -0.572. The van der Waals surface area contributed by atoms with Crippen LogP contribution in [-0.4, -0.2) is 22.8 Å². The van der Waals surface area contributed by atoms with Crippen molar-refractivity contribution in [3.05, 3.63) is 94.3 Å². The van der Waals surface area contributed by atoms with Gasteiger partial charge in [-0.25, -0.2) is 4.39 Å². The second kappa shape index (κ2) is 10.0. The highest BCUT2D eigenvalue weighted by molar-refractivity contribution is 6.30. The summed E-state index contributed by atoms with van der Waals surface area (Å²) < 4.78 is 19.1. The molecule has 1 aliphatic heterocycles. The second-order valence-electron chi connectivity index (χ2n) is 8.01. The van der Waals surface area contributed by atoms with Gasteiger partial charge >= 0.3 is 0 Å². The molecule has 0 unspecified atom stereocenters. The van der Waals surface area contributed by atoms with Crippen molar-refractivity contribution in [2.45, 2.75) is 39.0 Å². The van der Waals surface area contributed by atoms with E-state index in [2.05, 4.69) is 5.32 Å². The number of hydrogen-bond acceptors (Lipinski definition) is 3. The Kier molecular flexibility index (Phi) is 6.94. The van der Waals surface area contributed by atoms with Gasteiger partial charge in [0.15, 0.2) is 6.10 Å². The maximum atomic E-state index is 13.1. The summed E-state index contributed by atoms with van der Waals surface area (Å²) in [4.78, 5) is 27.3. The van der Waals surface area contributed by atoms with E-state index in [1.54, 1.807) is 41.3 Å². The molecular formula is C26H24ClFN2O3. The molecule has 0 saturated carbocycles. The number of halogens is 2. The lowest BCUT2D eigenvalue weighted by Gasteiger charge is -2.23. The number of benzene rings is 3. The maximum absolute atomic E-state index is 13.1. The van der Waals surface area contributed by atoms with Gasteiger partial charge in [0.1, 0.15) is 11.6 Å². The quantitative estimate of drug-likeness (QED) is 0.532. The molecule has 1 N–H and O–H groups in total. The Hall–Kier alpha value is -3.38. The van der Waals surface area contributed by atoms with Crippen molar-refractivity contribution in [2.75, 3.05) is 5.32 Å². The van der Waals surface area contributed by atoms with Gasteiger partial charge in [-0.2, -0.15) is 0 Å². The van der Waals surface area contributed by atoms with Crippen molar-refractivity contribution in [3.8, 4) is 5.75 Å². The van der Waals surface area contributed by atoms with Crippen LogP contribution in [0.2, 0.25) is 5.02 Å². The third kappa shape index (κ3) is 5.71. The fourth-order valence-electron chi connectivity index (χ4n) is 3.78. The maximum Gasteiger partial charge on any atom is 0.264 e. The van der Waals surface area contributed by atoms with Crippen molar-refractivity contribution in [1.82, 2.24) is 4.90 Å². The van der Waals surface area contributed by atoms with Gasteiger partial charge in [0, 0.05) is 29.4 Å². The summed E-state index contributed by atoms with van der Waals surface area (Å²) in [5.74, 6) is 0.000473. The Morgan fingerprint density at radius 3 is 2.48 bits per heavy atom. The summed E-state index contributed by atoms with van der Waals surface area (Å²) in [6, 6.07) is 18.6. The lowest BCUT2D eigenvalue weighted by molar-refractivity contribution is -0.139. The van der Waals surface area contributed by atoms with E-state index >= 15 is 0 Å². The predicted molar refractivity (Wildman–Crippen MR) is 126 cm³/mol. The number of nitrogens with zero attached hydrogens (tertiary/aromatic N) is 1. The van der Waals surface area contributed by atoms with E-state index < -0.39 is 6.10 Å². The van der Waals surface area contributed by atoms with Gasteiger partial charge in [-0.1, -0.05) is 42.8 Å². The molecule has 170 valence electrons. The number of hydrogen-bond donors (Lipinski definition) is 1. The van der Waals surface area contributed by atoms with Gasteiger partial charge in [-0.3, -0.25) is 9.59 Å². The van der Waals surface area contributed by atoms with E-state index in [4.69, 9.17) is 16.3 Å². The highest BCUT2D eigenvalue weighted by Crippen LogP contribution is 2.30. The molecule has 0 aromatic heterocycles. The van der Waals surface area contributed by atoms with Crippen molar-refractivity contribution in [2.24, 2.45) is 0 Å². The largest absolute Gasteiger partial charge is 0.480 e. The van der Waals surface area contributed by atoms with Gasteiger partial charge in [-0.15, -0.1) is 0 Å². The zero-order chi connectivity index (χ0) is 23.4. The van der Waals surface area contributed by atoms with E-state index in [1.165, 1.54) is 12.1 Å². The van der Waals surface area contributed by atoms with Gasteiger partial charge in [0.05, 0.1) is 6.42 Å². The first kappa shape index (κ1) is 22.8. The van der Waals surface area contributed by atoms with Crippen LogP contribution in [0.5, 0.6) is 5.75 Å². The molecule has 2 amide bonds. The van der Waals surface area contributed by atoms with Crippen LogP contribution >= 0.6 is 11.6 Å². The second-order valence-corrected chi connectivity index (χ2v) is 8.45. The molecule has 1 aliphatic rings. The molecule has 0 aliphatic carbocycles. The van der Waals surface area contributed by atoms with Gasteiger partial charge in [0.25, 0.3) is 5.91 Å². The van der Waals surface area contributed by atoms with E-state index in [-0.39, 0.29) is 24.1 Å². The van der Waals surface area contributed by atoms with Gasteiger partial charge < -0.3 is 15.0 Å². The summed E-state index contributed by atoms with van der Waals surface area (Å²) in [5, 5.41) is 3.52. The zero-order valence-corrected chi connectivity index (χ0v) is 18.9. The van der Waals surface area contributed by atoms with Crippen molar-refractivity contribution in [1.29, 1.82) is 0 Å². The first-order chi connectivity index (χ1) is 15.9. The predicted octanol–water partition coefficient (Wildman–Crippen LogP) is 5.36. The van der Waals surface area contributed by atoms with Gasteiger partial charge in [0.2, 0.25) is 5.91 Å². The normalized spacial score (nSPS) is 15.4. The number of carbonyl (C=O) groups excluding carboxylic acids is 2. The molecule has 33 heavy (non-hydrogen) atoms. The fourth-order valence-corrected chi connectivity index (χ4v) is 3.91. The van der Waals surface area contributed by atoms with E-state index in [0.717, 1.165) is 16.7 Å². The monoisotopic (exact) mass is 466 g/mol. The first-order valence-electron chi connectivity index (χ1n) is 10.8. The van der Waals surface area contributed by atoms with Crippen LogP contribution in [0.15, 0.2) is 66.7 Å². The summed E-state index contributed by atoms with van der Waals surface area (Å²) >= 11 is 5.99. The lowest BCUT2D eigenvalue weighted by atomic mass is 10.1. The minimum Gasteiger partial charge on any atom is -0.480 e. The molecule has 0 fully saturated rings. The molecule has 0 radical (unpaired) electrons. The lowest BCUT2D eigenvalue weighted by Crippen LogP contribution is -2.38. The first-order valence-corrected chi connectivity index (χ1v) is 11.2. The number of nitrogens with one attached hydrogen (secondary N) is 1. The Morgan fingerprint density at radius 2 is 1.79 bits per heavy atom. The van der Waals surface area contributed by atoms with Gasteiger partial charge in [-0.05, 0) is 60.0 Å². The van der Waals surface area contributed by atoms with E-state index in [1.807, 2.05) is 25.1 Å². The number of fused-ring (bicyclic) bond motifs is 1. The minimum absolute atomic E-state index is 0.0782. The standard InChI is InChI=1S/C26H24ClFN2O3/c1-2-23-26(32)30(15-18-3-7-20(27)8-4-18)16-19-14-22(11-12-24(19)33-23)29-25(31)13-17-5-9-21(28)10-6-17/h3-12,14,23H,2,13,15-16H2,1H3,(H,29,31)/t23-/m0/s1.